The summed E-state index contributed by atoms with van der Waals surface area (Å²) in [6.07, 6.45) is 6.47. The van der Waals surface area contributed by atoms with Crippen LogP contribution in [0.3, 0.4) is 0 Å². The zero-order valence-electron chi connectivity index (χ0n) is 8.36. The fourth-order valence-electron chi connectivity index (χ4n) is 1.55. The molecule has 0 aromatic carbocycles. The van der Waals surface area contributed by atoms with Crippen LogP contribution in [0.2, 0.25) is 0 Å². The van der Waals surface area contributed by atoms with Crippen molar-refractivity contribution < 1.29 is 4.79 Å². The van der Waals surface area contributed by atoms with Gasteiger partial charge in [-0.25, -0.2) is 0 Å². The van der Waals surface area contributed by atoms with Crippen molar-refractivity contribution in [3.8, 4) is 0 Å². The molecular weight excluding hydrogens is 162 g/mol. The molecule has 0 aliphatic carbocycles. The Hall–Kier alpha value is -1.05. The van der Waals surface area contributed by atoms with E-state index in [1.54, 1.807) is 0 Å². The Morgan fingerprint density at radius 3 is 3.00 bits per heavy atom. The molecule has 2 nitrogen and oxygen atoms in total. The van der Waals surface area contributed by atoms with Gasteiger partial charge in [0.15, 0.2) is 6.29 Å². The number of hydrogen-bond acceptors (Lipinski definition) is 1. The molecule has 1 aromatic rings. The zero-order chi connectivity index (χ0) is 9.68. The van der Waals surface area contributed by atoms with Gasteiger partial charge in [0, 0.05) is 12.2 Å². The Balaban J connectivity index is 2.64. The van der Waals surface area contributed by atoms with Gasteiger partial charge in [-0.05, 0) is 25.5 Å². The van der Waals surface area contributed by atoms with Gasteiger partial charge in [0.1, 0.15) is 0 Å². The van der Waals surface area contributed by atoms with Crippen molar-refractivity contribution in [2.24, 2.45) is 0 Å². The zero-order valence-corrected chi connectivity index (χ0v) is 8.36. The topological polar surface area (TPSA) is 22.0 Å². The molecule has 1 unspecified atom stereocenters. The molecule has 0 amide bonds. The molecule has 1 aromatic heterocycles. The summed E-state index contributed by atoms with van der Waals surface area (Å²) in [6.45, 7) is 4.34. The number of hydrogen-bond donors (Lipinski definition) is 0. The fourth-order valence-corrected chi connectivity index (χ4v) is 1.55. The minimum Gasteiger partial charge on any atom is -0.343 e. The first-order valence-electron chi connectivity index (χ1n) is 4.91. The molecule has 13 heavy (non-hydrogen) atoms. The van der Waals surface area contributed by atoms with Crippen molar-refractivity contribution in [1.82, 2.24) is 4.57 Å². The molecule has 0 N–H and O–H groups in total. The van der Waals surface area contributed by atoms with Gasteiger partial charge in [0.2, 0.25) is 0 Å². The van der Waals surface area contributed by atoms with E-state index in [4.69, 9.17) is 0 Å². The van der Waals surface area contributed by atoms with E-state index in [0.717, 1.165) is 18.4 Å². The van der Waals surface area contributed by atoms with Crippen molar-refractivity contribution >= 4 is 6.29 Å². The molecule has 1 heterocycles. The molecule has 1 atom stereocenters. The second kappa shape index (κ2) is 4.85. The van der Waals surface area contributed by atoms with Gasteiger partial charge in [0.25, 0.3) is 0 Å². The van der Waals surface area contributed by atoms with E-state index in [2.05, 4.69) is 13.8 Å². The van der Waals surface area contributed by atoms with Crippen LogP contribution < -0.4 is 0 Å². The molecule has 0 bridgehead atoms. The third kappa shape index (κ3) is 2.44. The standard InChI is InChI=1S/C11H17NO/c1-3-4-6-10(2)12-8-5-7-11(12)9-13/h5,7-10H,3-4,6H2,1-2H3. The average Bonchev–Trinajstić information content (AvgIpc) is 2.61. The molecule has 0 saturated heterocycles. The first kappa shape index (κ1) is 10.0. The summed E-state index contributed by atoms with van der Waals surface area (Å²) in [6, 6.07) is 4.22. The normalized spacial score (nSPS) is 12.8. The summed E-state index contributed by atoms with van der Waals surface area (Å²) in [5.74, 6) is 0. The van der Waals surface area contributed by atoms with Crippen LogP contribution in [0.4, 0.5) is 0 Å². The maximum absolute atomic E-state index is 10.6. The summed E-state index contributed by atoms with van der Waals surface area (Å²) < 4.78 is 2.04. The Labute approximate surface area is 79.6 Å². The van der Waals surface area contributed by atoms with Crippen LogP contribution in [0.15, 0.2) is 18.3 Å². The van der Waals surface area contributed by atoms with Crippen molar-refractivity contribution in [1.29, 1.82) is 0 Å². The maximum Gasteiger partial charge on any atom is 0.166 e. The van der Waals surface area contributed by atoms with E-state index in [1.165, 1.54) is 12.8 Å². The first-order chi connectivity index (χ1) is 6.29. The number of unbranched alkanes of at least 4 members (excludes halogenated alkanes) is 1. The number of aromatic nitrogens is 1. The van der Waals surface area contributed by atoms with Gasteiger partial charge in [-0.1, -0.05) is 19.8 Å². The largest absolute Gasteiger partial charge is 0.343 e. The van der Waals surface area contributed by atoms with Gasteiger partial charge < -0.3 is 4.57 Å². The van der Waals surface area contributed by atoms with Crippen molar-refractivity contribution in [2.75, 3.05) is 0 Å². The quantitative estimate of drug-likeness (QED) is 0.637. The van der Waals surface area contributed by atoms with E-state index in [1.807, 2.05) is 22.9 Å². The first-order valence-corrected chi connectivity index (χ1v) is 4.91. The lowest BCUT2D eigenvalue weighted by atomic mass is 10.1. The van der Waals surface area contributed by atoms with Crippen LogP contribution in [0.25, 0.3) is 0 Å². The lowest BCUT2D eigenvalue weighted by molar-refractivity contribution is 0.111. The van der Waals surface area contributed by atoms with Gasteiger partial charge in [-0.2, -0.15) is 0 Å². The fraction of sp³-hybridized carbons (Fsp3) is 0.545. The predicted molar refractivity (Wildman–Crippen MR) is 54.1 cm³/mol. The molecule has 0 aliphatic rings. The number of nitrogens with zero attached hydrogens (tertiary/aromatic N) is 1. The second-order valence-corrected chi connectivity index (χ2v) is 3.45. The second-order valence-electron chi connectivity index (χ2n) is 3.45. The molecule has 0 aliphatic heterocycles. The SMILES string of the molecule is CCCCC(C)n1cccc1C=O. The van der Waals surface area contributed by atoms with Crippen LogP contribution in [0.1, 0.15) is 49.6 Å². The van der Waals surface area contributed by atoms with Crippen LogP contribution in [0, 0.1) is 0 Å². The number of carbonyl (C=O) groups excluding carboxylic acids is 1. The molecule has 2 heteroatoms. The Morgan fingerprint density at radius 2 is 2.38 bits per heavy atom. The summed E-state index contributed by atoms with van der Waals surface area (Å²) in [7, 11) is 0. The van der Waals surface area contributed by atoms with Crippen LogP contribution >= 0.6 is 0 Å². The van der Waals surface area contributed by atoms with Crippen molar-refractivity contribution in [3.05, 3.63) is 24.0 Å². The van der Waals surface area contributed by atoms with E-state index in [9.17, 15) is 4.79 Å². The number of aldehydes is 1. The van der Waals surface area contributed by atoms with Gasteiger partial charge >= 0.3 is 0 Å². The summed E-state index contributed by atoms with van der Waals surface area (Å²) in [4.78, 5) is 10.6. The van der Waals surface area contributed by atoms with Gasteiger partial charge in [-0.15, -0.1) is 0 Å². The highest BCUT2D eigenvalue weighted by Gasteiger charge is 2.06. The Morgan fingerprint density at radius 1 is 1.62 bits per heavy atom. The van der Waals surface area contributed by atoms with E-state index in [0.29, 0.717) is 6.04 Å². The highest BCUT2D eigenvalue weighted by atomic mass is 16.1. The monoisotopic (exact) mass is 179 g/mol. The Kier molecular flexibility index (Phi) is 3.74. The molecule has 72 valence electrons. The highest BCUT2D eigenvalue weighted by molar-refractivity contribution is 5.72. The highest BCUT2D eigenvalue weighted by Crippen LogP contribution is 2.16. The van der Waals surface area contributed by atoms with E-state index in [-0.39, 0.29) is 0 Å². The van der Waals surface area contributed by atoms with Gasteiger partial charge in [0.05, 0.1) is 5.69 Å². The van der Waals surface area contributed by atoms with Crippen LogP contribution in [-0.2, 0) is 0 Å². The molecule has 0 radical (unpaired) electrons. The lowest BCUT2D eigenvalue weighted by Gasteiger charge is -2.14. The third-order valence-electron chi connectivity index (χ3n) is 2.38. The van der Waals surface area contributed by atoms with Crippen molar-refractivity contribution in [3.63, 3.8) is 0 Å². The minimum absolute atomic E-state index is 0.440. The molecular formula is C11H17NO. The molecule has 0 fully saturated rings. The number of carbonyl (C=O) groups is 1. The van der Waals surface area contributed by atoms with E-state index >= 15 is 0 Å². The molecule has 1 rings (SSSR count). The smallest absolute Gasteiger partial charge is 0.166 e. The third-order valence-corrected chi connectivity index (χ3v) is 2.38. The minimum atomic E-state index is 0.440. The van der Waals surface area contributed by atoms with Gasteiger partial charge in [-0.3, -0.25) is 4.79 Å². The molecule has 0 saturated carbocycles. The lowest BCUT2D eigenvalue weighted by Crippen LogP contribution is -2.06. The predicted octanol–water partition coefficient (Wildman–Crippen LogP) is 3.05. The number of rotatable bonds is 5. The molecule has 0 spiro atoms. The summed E-state index contributed by atoms with van der Waals surface area (Å²) in [5, 5.41) is 0. The van der Waals surface area contributed by atoms with Crippen LogP contribution in [-0.4, -0.2) is 10.9 Å². The summed E-state index contributed by atoms with van der Waals surface area (Å²) in [5.41, 5.74) is 0.781. The van der Waals surface area contributed by atoms with Crippen molar-refractivity contribution in [2.45, 2.75) is 39.2 Å². The summed E-state index contributed by atoms with van der Waals surface area (Å²) >= 11 is 0. The average molecular weight is 179 g/mol. The van der Waals surface area contributed by atoms with E-state index < -0.39 is 0 Å². The Bertz CT molecular complexity index is 265. The maximum atomic E-state index is 10.6. The van der Waals surface area contributed by atoms with Crippen LogP contribution in [0.5, 0.6) is 0 Å².